The summed E-state index contributed by atoms with van der Waals surface area (Å²) in [6, 6.07) is 16.0. The van der Waals surface area contributed by atoms with Gasteiger partial charge in [-0.2, -0.15) is 0 Å². The molecule has 2 aromatic rings. The van der Waals surface area contributed by atoms with Crippen molar-refractivity contribution in [3.63, 3.8) is 0 Å². The summed E-state index contributed by atoms with van der Waals surface area (Å²) in [5, 5.41) is 20.2. The van der Waals surface area contributed by atoms with E-state index in [9.17, 15) is 24.3 Å². The number of fused-ring (bicyclic) bond motifs is 1. The van der Waals surface area contributed by atoms with Crippen molar-refractivity contribution >= 4 is 23.8 Å². The average molecular weight is 650 g/mol. The van der Waals surface area contributed by atoms with Crippen LogP contribution in [0.25, 0.3) is 0 Å². The summed E-state index contributed by atoms with van der Waals surface area (Å²) in [6.45, 7) is 6.70. The molecule has 1 aliphatic heterocycles. The number of hydrogen-bond donors (Lipinski definition) is 5. The Labute approximate surface area is 278 Å². The highest BCUT2D eigenvalue weighted by Crippen LogP contribution is 2.39. The van der Waals surface area contributed by atoms with E-state index in [1.54, 1.807) is 12.1 Å². The second kappa shape index (κ2) is 16.7. The zero-order valence-electron chi connectivity index (χ0n) is 27.8. The fraction of sp³-hybridized carbons (Fsp3) is 0.556. The van der Waals surface area contributed by atoms with E-state index in [-0.39, 0.29) is 25.5 Å². The molecule has 11 nitrogen and oxygen atoms in total. The fourth-order valence-electron chi connectivity index (χ4n) is 6.75. The van der Waals surface area contributed by atoms with Gasteiger partial charge < -0.3 is 31.5 Å². The fourth-order valence-corrected chi connectivity index (χ4v) is 6.75. The predicted octanol–water partition coefficient (Wildman–Crippen LogP) is 3.04. The number of rotatable bonds is 13. The molecule has 4 rings (SSSR count). The number of likely N-dealkylation sites (tertiary alicyclic amines) is 1. The number of benzene rings is 2. The molecule has 4 amide bonds. The maximum atomic E-state index is 13.6. The van der Waals surface area contributed by atoms with Crippen LogP contribution in [0.5, 0.6) is 0 Å². The molecule has 0 radical (unpaired) electrons. The third-order valence-corrected chi connectivity index (χ3v) is 9.04. The normalized spacial score (nSPS) is 21.7. The van der Waals surface area contributed by atoms with Gasteiger partial charge in [0.2, 0.25) is 17.7 Å². The molecule has 47 heavy (non-hydrogen) atoms. The molecule has 2 aliphatic rings. The zero-order valence-corrected chi connectivity index (χ0v) is 27.8. The molecule has 1 aliphatic carbocycles. The quantitative estimate of drug-likeness (QED) is 0.223. The van der Waals surface area contributed by atoms with Crippen molar-refractivity contribution in [3.05, 3.63) is 71.8 Å². The van der Waals surface area contributed by atoms with E-state index in [1.807, 2.05) is 69.3 Å². The van der Waals surface area contributed by atoms with Gasteiger partial charge in [-0.3, -0.25) is 19.3 Å². The topological polar surface area (TPSA) is 163 Å². The van der Waals surface area contributed by atoms with Crippen molar-refractivity contribution in [3.8, 4) is 0 Å². The number of hydrogen-bond acceptors (Lipinski definition) is 7. The second-order valence-corrected chi connectivity index (χ2v) is 14.1. The first-order valence-corrected chi connectivity index (χ1v) is 16.7. The van der Waals surface area contributed by atoms with Crippen molar-refractivity contribution in [2.75, 3.05) is 13.1 Å². The first kappa shape index (κ1) is 35.9. The van der Waals surface area contributed by atoms with Gasteiger partial charge in [-0.1, -0.05) is 79.9 Å². The van der Waals surface area contributed by atoms with Crippen LogP contribution in [0.2, 0.25) is 0 Å². The summed E-state index contributed by atoms with van der Waals surface area (Å²) in [4.78, 5) is 53.8. The molecule has 6 atom stereocenters. The Morgan fingerprint density at radius 2 is 1.55 bits per heavy atom. The van der Waals surface area contributed by atoms with Crippen LogP contribution >= 0.6 is 0 Å². The maximum absolute atomic E-state index is 13.6. The number of ether oxygens (including phenoxy) is 1. The molecule has 1 saturated heterocycles. The Bertz CT molecular complexity index is 1330. The molecule has 0 aromatic heterocycles. The largest absolute Gasteiger partial charge is 0.445 e. The molecule has 1 heterocycles. The van der Waals surface area contributed by atoms with Crippen molar-refractivity contribution in [1.29, 1.82) is 0 Å². The number of β-amino-alcohol motifs (C(OH)–C–C–N with tert-alkyl or cyclic N) is 1. The number of nitrogens with two attached hydrogens (primary N) is 1. The van der Waals surface area contributed by atoms with Crippen molar-refractivity contribution in [2.45, 2.75) is 102 Å². The van der Waals surface area contributed by atoms with Crippen LogP contribution < -0.4 is 21.7 Å². The highest BCUT2D eigenvalue weighted by molar-refractivity contribution is 5.90. The summed E-state index contributed by atoms with van der Waals surface area (Å²) in [5.41, 5.74) is 6.68. The second-order valence-electron chi connectivity index (χ2n) is 14.1. The summed E-state index contributed by atoms with van der Waals surface area (Å²) < 4.78 is 5.27. The van der Waals surface area contributed by atoms with Crippen molar-refractivity contribution in [2.24, 2.45) is 17.6 Å². The summed E-state index contributed by atoms with van der Waals surface area (Å²) in [5.74, 6) is -0.597. The molecule has 2 aromatic carbocycles. The van der Waals surface area contributed by atoms with Crippen LogP contribution in [0.3, 0.4) is 0 Å². The lowest BCUT2D eigenvalue weighted by Gasteiger charge is -2.47. The number of carbonyl (C=O) groups excluding carboxylic acids is 4. The van der Waals surface area contributed by atoms with E-state index in [0.29, 0.717) is 18.4 Å². The SMILES string of the molecule is CC(C)(C)NC(=O)C1CC2CCCCC2CN1C[C@@H](O)[C@H](Cc1ccccc1)NC(=O)[C@H](CC(N)=O)NC(=O)OCc1ccccc1. The Morgan fingerprint density at radius 3 is 2.17 bits per heavy atom. The number of aliphatic hydroxyl groups excluding tert-OH is 1. The highest BCUT2D eigenvalue weighted by atomic mass is 16.5. The molecule has 11 heteroatoms. The Morgan fingerprint density at radius 1 is 0.936 bits per heavy atom. The molecule has 0 bridgehead atoms. The minimum atomic E-state index is -1.32. The smallest absolute Gasteiger partial charge is 0.408 e. The molecular weight excluding hydrogens is 598 g/mol. The first-order valence-electron chi connectivity index (χ1n) is 16.7. The molecule has 2 fully saturated rings. The third-order valence-electron chi connectivity index (χ3n) is 9.04. The van der Waals surface area contributed by atoms with Crippen LogP contribution in [-0.2, 0) is 32.1 Å². The van der Waals surface area contributed by atoms with Crippen molar-refractivity contribution in [1.82, 2.24) is 20.9 Å². The number of piperidine rings is 1. The summed E-state index contributed by atoms with van der Waals surface area (Å²) in [7, 11) is 0. The van der Waals surface area contributed by atoms with Gasteiger partial charge in [0.1, 0.15) is 12.6 Å². The van der Waals surface area contributed by atoms with Gasteiger partial charge in [0.25, 0.3) is 0 Å². The van der Waals surface area contributed by atoms with Crippen LogP contribution in [-0.4, -0.2) is 76.7 Å². The molecule has 6 N–H and O–H groups in total. The third kappa shape index (κ3) is 11.4. The number of nitrogens with zero attached hydrogens (tertiary/aromatic N) is 1. The lowest BCUT2D eigenvalue weighted by atomic mass is 9.72. The number of carbonyl (C=O) groups is 4. The van der Waals surface area contributed by atoms with E-state index < -0.39 is 54.1 Å². The van der Waals surface area contributed by atoms with Crippen molar-refractivity contribution < 1.29 is 29.0 Å². The average Bonchev–Trinajstić information content (AvgIpc) is 3.02. The lowest BCUT2D eigenvalue weighted by Crippen LogP contribution is -2.61. The molecule has 1 saturated carbocycles. The summed E-state index contributed by atoms with van der Waals surface area (Å²) in [6.07, 6.45) is 3.14. The van der Waals surface area contributed by atoms with Gasteiger partial charge >= 0.3 is 6.09 Å². The first-order chi connectivity index (χ1) is 22.4. The van der Waals surface area contributed by atoms with E-state index in [4.69, 9.17) is 10.5 Å². The minimum Gasteiger partial charge on any atom is -0.445 e. The van der Waals surface area contributed by atoms with Gasteiger partial charge in [0, 0.05) is 18.6 Å². The number of aliphatic hydroxyl groups is 1. The van der Waals surface area contributed by atoms with Crippen LogP contribution in [0, 0.1) is 11.8 Å². The van der Waals surface area contributed by atoms with Gasteiger partial charge in [-0.15, -0.1) is 0 Å². The van der Waals surface area contributed by atoms with E-state index in [2.05, 4.69) is 20.9 Å². The van der Waals surface area contributed by atoms with Crippen LogP contribution in [0.15, 0.2) is 60.7 Å². The van der Waals surface area contributed by atoms with Gasteiger partial charge in [-0.25, -0.2) is 4.79 Å². The van der Waals surface area contributed by atoms with Gasteiger partial charge in [0.05, 0.1) is 24.6 Å². The molecule has 256 valence electrons. The van der Waals surface area contributed by atoms with Gasteiger partial charge in [-0.05, 0) is 63.0 Å². The van der Waals surface area contributed by atoms with Gasteiger partial charge in [0.15, 0.2) is 0 Å². The number of amides is 4. The summed E-state index contributed by atoms with van der Waals surface area (Å²) >= 11 is 0. The minimum absolute atomic E-state index is 0.0193. The monoisotopic (exact) mass is 649 g/mol. The van der Waals surface area contributed by atoms with E-state index >= 15 is 0 Å². The standard InChI is InChI=1S/C36H51N5O6/c1-36(2,3)40-34(45)30-19-26-16-10-11-17-27(26)21-41(30)22-31(42)28(18-24-12-6-4-7-13-24)38-33(44)29(20-32(37)43)39-35(46)47-23-25-14-8-5-9-15-25/h4-9,12-15,26-31,42H,10-11,16-23H2,1-3H3,(H2,37,43)(H,38,44)(H,39,46)(H,40,45)/t26?,27?,28-,29-,30?,31+/m0/s1. The maximum Gasteiger partial charge on any atom is 0.408 e. The lowest BCUT2D eigenvalue weighted by molar-refractivity contribution is -0.133. The number of primary amides is 1. The molecule has 3 unspecified atom stereocenters. The van der Waals surface area contributed by atoms with E-state index in [0.717, 1.165) is 36.8 Å². The number of alkyl carbamates (subject to hydrolysis) is 1. The predicted molar refractivity (Wildman–Crippen MR) is 179 cm³/mol. The Kier molecular flexibility index (Phi) is 12.8. The molecule has 0 spiro atoms. The van der Waals surface area contributed by atoms with Crippen LogP contribution in [0.1, 0.15) is 70.4 Å². The molecular formula is C36H51N5O6. The Hall–Kier alpha value is -3.96. The Balaban J connectivity index is 1.50. The zero-order chi connectivity index (χ0) is 34.0. The number of nitrogens with one attached hydrogen (secondary N) is 3. The van der Waals surface area contributed by atoms with Crippen LogP contribution in [0.4, 0.5) is 4.79 Å². The van der Waals surface area contributed by atoms with E-state index in [1.165, 1.54) is 6.42 Å². The highest BCUT2D eigenvalue weighted by Gasteiger charge is 2.42.